The topological polar surface area (TPSA) is 65.5 Å². The van der Waals surface area contributed by atoms with Crippen LogP contribution in [0.25, 0.3) is 0 Å². The third-order valence-electron chi connectivity index (χ3n) is 3.24. The van der Waals surface area contributed by atoms with Gasteiger partial charge in [0.05, 0.1) is 19.1 Å². The number of anilines is 1. The lowest BCUT2D eigenvalue weighted by molar-refractivity contribution is -0.0267. The molecule has 1 aliphatic heterocycles. The Kier molecular flexibility index (Phi) is 3.78. The summed E-state index contributed by atoms with van der Waals surface area (Å²) in [6, 6.07) is 3.00. The number of carbonyl (C=O) groups is 1. The molecular formula is C13H17F2N3O2. The van der Waals surface area contributed by atoms with E-state index < -0.39 is 12.0 Å². The number of rotatable bonds is 4. The van der Waals surface area contributed by atoms with Gasteiger partial charge in [-0.1, -0.05) is 19.9 Å². The van der Waals surface area contributed by atoms with Gasteiger partial charge in [-0.05, 0) is 17.5 Å². The van der Waals surface area contributed by atoms with Crippen molar-refractivity contribution < 1.29 is 18.7 Å². The van der Waals surface area contributed by atoms with Crippen molar-refractivity contribution in [1.29, 1.82) is 0 Å². The number of hydrogen-bond donors (Lipinski definition) is 2. The molecule has 1 atom stereocenters. The number of carboxylic acid groups (broad SMARTS) is 1. The molecule has 0 radical (unpaired) electrons. The van der Waals surface area contributed by atoms with Crippen LogP contribution in [-0.4, -0.2) is 35.2 Å². The molecule has 2 rings (SSSR count). The second kappa shape index (κ2) is 5.22. The Morgan fingerprint density at radius 1 is 1.45 bits per heavy atom. The first-order valence-electron chi connectivity index (χ1n) is 6.37. The van der Waals surface area contributed by atoms with Gasteiger partial charge in [-0.2, -0.15) is 0 Å². The van der Waals surface area contributed by atoms with Gasteiger partial charge in [0.1, 0.15) is 5.82 Å². The van der Waals surface area contributed by atoms with E-state index in [1.165, 1.54) is 11.1 Å². The molecule has 110 valence electrons. The van der Waals surface area contributed by atoms with E-state index in [2.05, 4.69) is 10.3 Å². The Morgan fingerprint density at radius 3 is 2.50 bits per heavy atom. The summed E-state index contributed by atoms with van der Waals surface area (Å²) >= 11 is 0. The van der Waals surface area contributed by atoms with Crippen molar-refractivity contribution in [3.63, 3.8) is 0 Å². The Bertz CT molecular complexity index is 483. The lowest BCUT2D eigenvalue weighted by Gasteiger charge is -2.39. The molecule has 5 nitrogen and oxygen atoms in total. The second-order valence-corrected chi connectivity index (χ2v) is 5.33. The number of amides is 1. The quantitative estimate of drug-likeness (QED) is 0.892. The van der Waals surface area contributed by atoms with Crippen LogP contribution >= 0.6 is 0 Å². The minimum Gasteiger partial charge on any atom is -0.465 e. The molecule has 1 fully saturated rings. The standard InChI is InChI=1S/C13H17F2N3O2/c1-8(2)11(17-12(19)20)9-3-4-10(16-5-9)18-6-13(14,15)7-18/h3-5,8,11,17H,6-7H2,1-2H3,(H,19,20). The molecule has 20 heavy (non-hydrogen) atoms. The molecule has 0 bridgehead atoms. The molecule has 1 saturated heterocycles. The number of halogens is 2. The van der Waals surface area contributed by atoms with Crippen LogP contribution in [0.3, 0.4) is 0 Å². The maximum atomic E-state index is 12.8. The molecule has 2 heterocycles. The van der Waals surface area contributed by atoms with Crippen LogP contribution in [0.5, 0.6) is 0 Å². The molecule has 1 aromatic heterocycles. The summed E-state index contributed by atoms with van der Waals surface area (Å²) in [6.07, 6.45) is 0.432. The van der Waals surface area contributed by atoms with Crippen molar-refractivity contribution >= 4 is 11.9 Å². The number of nitrogens with zero attached hydrogens (tertiary/aromatic N) is 2. The van der Waals surface area contributed by atoms with E-state index in [1.807, 2.05) is 13.8 Å². The van der Waals surface area contributed by atoms with Crippen molar-refractivity contribution in [1.82, 2.24) is 10.3 Å². The van der Waals surface area contributed by atoms with Gasteiger partial charge >= 0.3 is 6.09 Å². The van der Waals surface area contributed by atoms with Gasteiger partial charge in [0.2, 0.25) is 0 Å². The summed E-state index contributed by atoms with van der Waals surface area (Å²) in [7, 11) is 0. The van der Waals surface area contributed by atoms with Crippen molar-refractivity contribution in [3.05, 3.63) is 23.9 Å². The molecule has 0 spiro atoms. The SMILES string of the molecule is CC(C)C(NC(=O)O)c1ccc(N2CC(F)(F)C2)nc1. The average molecular weight is 285 g/mol. The maximum Gasteiger partial charge on any atom is 0.405 e. The van der Waals surface area contributed by atoms with E-state index in [1.54, 1.807) is 12.1 Å². The van der Waals surface area contributed by atoms with Crippen molar-refractivity contribution in [2.75, 3.05) is 18.0 Å². The molecule has 2 N–H and O–H groups in total. The third kappa shape index (κ3) is 3.15. The first-order valence-corrected chi connectivity index (χ1v) is 6.37. The normalized spacial score (nSPS) is 18.6. The molecule has 0 saturated carbocycles. The summed E-state index contributed by atoms with van der Waals surface area (Å²) in [6.45, 7) is 3.15. The van der Waals surface area contributed by atoms with Gasteiger partial charge in [-0.15, -0.1) is 0 Å². The average Bonchev–Trinajstić information content (AvgIpc) is 2.33. The highest BCUT2D eigenvalue weighted by Crippen LogP contribution is 2.31. The second-order valence-electron chi connectivity index (χ2n) is 5.33. The summed E-state index contributed by atoms with van der Waals surface area (Å²) in [5.41, 5.74) is 0.721. The zero-order chi connectivity index (χ0) is 14.9. The summed E-state index contributed by atoms with van der Waals surface area (Å²) < 4.78 is 25.6. The van der Waals surface area contributed by atoms with E-state index >= 15 is 0 Å². The van der Waals surface area contributed by atoms with Crippen molar-refractivity contribution in [2.24, 2.45) is 5.92 Å². The first-order chi connectivity index (χ1) is 9.28. The van der Waals surface area contributed by atoms with E-state index in [0.717, 1.165) is 5.56 Å². The van der Waals surface area contributed by atoms with Crippen LogP contribution in [0.4, 0.5) is 19.4 Å². The molecule has 7 heteroatoms. The molecule has 1 amide bonds. The fourth-order valence-corrected chi connectivity index (χ4v) is 2.21. The van der Waals surface area contributed by atoms with Gasteiger partial charge in [-0.3, -0.25) is 0 Å². The van der Waals surface area contributed by atoms with Crippen LogP contribution in [0.2, 0.25) is 0 Å². The monoisotopic (exact) mass is 285 g/mol. The van der Waals surface area contributed by atoms with Gasteiger partial charge in [0, 0.05) is 6.20 Å². The first kappa shape index (κ1) is 14.5. The molecule has 0 aromatic carbocycles. The zero-order valence-electron chi connectivity index (χ0n) is 11.3. The highest BCUT2D eigenvalue weighted by atomic mass is 19.3. The predicted octanol–water partition coefficient (Wildman–Crippen LogP) is 2.50. The lowest BCUT2D eigenvalue weighted by Crippen LogP contribution is -2.56. The number of nitrogens with one attached hydrogen (secondary N) is 1. The van der Waals surface area contributed by atoms with Crippen LogP contribution in [0, 0.1) is 5.92 Å². The molecule has 1 unspecified atom stereocenters. The molecule has 1 aliphatic rings. The Labute approximate surface area is 115 Å². The van der Waals surface area contributed by atoms with Crippen LogP contribution in [0.1, 0.15) is 25.5 Å². The van der Waals surface area contributed by atoms with Crippen LogP contribution in [0.15, 0.2) is 18.3 Å². The summed E-state index contributed by atoms with van der Waals surface area (Å²) in [5.74, 6) is -2.09. The predicted molar refractivity (Wildman–Crippen MR) is 70.1 cm³/mol. The van der Waals surface area contributed by atoms with Gasteiger partial charge < -0.3 is 15.3 Å². The largest absolute Gasteiger partial charge is 0.465 e. The number of pyridine rings is 1. The van der Waals surface area contributed by atoms with E-state index in [9.17, 15) is 13.6 Å². The summed E-state index contributed by atoms with van der Waals surface area (Å²) in [5, 5.41) is 11.2. The van der Waals surface area contributed by atoms with E-state index in [-0.39, 0.29) is 25.0 Å². The van der Waals surface area contributed by atoms with E-state index in [4.69, 9.17) is 5.11 Å². The molecule has 0 aliphatic carbocycles. The Hall–Kier alpha value is -1.92. The third-order valence-corrected chi connectivity index (χ3v) is 3.24. The number of alkyl halides is 2. The smallest absolute Gasteiger partial charge is 0.405 e. The number of aromatic nitrogens is 1. The zero-order valence-corrected chi connectivity index (χ0v) is 11.3. The van der Waals surface area contributed by atoms with Crippen molar-refractivity contribution in [2.45, 2.75) is 25.8 Å². The van der Waals surface area contributed by atoms with Crippen molar-refractivity contribution in [3.8, 4) is 0 Å². The minimum atomic E-state index is -2.63. The fraction of sp³-hybridized carbons (Fsp3) is 0.538. The lowest BCUT2D eigenvalue weighted by atomic mass is 9.97. The molecular weight excluding hydrogens is 268 g/mol. The Balaban J connectivity index is 2.08. The van der Waals surface area contributed by atoms with Gasteiger partial charge in [0.15, 0.2) is 0 Å². The fourth-order valence-electron chi connectivity index (χ4n) is 2.21. The highest BCUT2D eigenvalue weighted by Gasteiger charge is 2.44. The van der Waals surface area contributed by atoms with Gasteiger partial charge in [0.25, 0.3) is 5.92 Å². The minimum absolute atomic E-state index is 0.0621. The molecule has 1 aromatic rings. The highest BCUT2D eigenvalue weighted by molar-refractivity contribution is 5.65. The Morgan fingerprint density at radius 2 is 2.10 bits per heavy atom. The van der Waals surface area contributed by atoms with Gasteiger partial charge in [-0.25, -0.2) is 18.6 Å². The van der Waals surface area contributed by atoms with Crippen LogP contribution < -0.4 is 10.2 Å². The van der Waals surface area contributed by atoms with E-state index in [0.29, 0.717) is 5.82 Å². The van der Waals surface area contributed by atoms with Crippen LogP contribution in [-0.2, 0) is 0 Å². The maximum absolute atomic E-state index is 12.8. The number of hydrogen-bond acceptors (Lipinski definition) is 3. The summed E-state index contributed by atoms with van der Waals surface area (Å²) in [4.78, 5) is 16.4.